The molecule has 0 aromatic heterocycles. The summed E-state index contributed by atoms with van der Waals surface area (Å²) in [5.41, 5.74) is 0.639. The smallest absolute Gasteiger partial charge is 0.368 e. The van der Waals surface area contributed by atoms with Gasteiger partial charge in [-0.2, -0.15) is 26.3 Å². The van der Waals surface area contributed by atoms with Crippen molar-refractivity contribution in [3.63, 3.8) is 0 Å². The molecule has 0 bridgehead atoms. The number of nitrogens with zero attached hydrogens (tertiary/aromatic N) is 2. The Hall–Kier alpha value is -3.15. The third-order valence-electron chi connectivity index (χ3n) is 8.26. The summed E-state index contributed by atoms with van der Waals surface area (Å²) in [4.78, 5) is 29.3. The van der Waals surface area contributed by atoms with Crippen molar-refractivity contribution < 1.29 is 40.3 Å². The van der Waals surface area contributed by atoms with Gasteiger partial charge in [0, 0.05) is 32.1 Å². The lowest BCUT2D eigenvalue weighted by Gasteiger charge is -2.48. The Kier molecular flexibility index (Phi) is 8.62. The van der Waals surface area contributed by atoms with E-state index in [0.717, 1.165) is 0 Å². The Morgan fingerprint density at radius 3 is 1.88 bits per heavy atom. The highest BCUT2D eigenvalue weighted by molar-refractivity contribution is 5.88. The van der Waals surface area contributed by atoms with E-state index < -0.39 is 69.6 Å². The van der Waals surface area contributed by atoms with E-state index in [9.17, 15) is 40.3 Å². The maximum Gasteiger partial charge on any atom is 0.416 e. The Balaban J connectivity index is 2.07. The fourth-order valence-corrected chi connectivity index (χ4v) is 5.46. The van der Waals surface area contributed by atoms with Crippen molar-refractivity contribution in [3.05, 3.63) is 70.0 Å². The van der Waals surface area contributed by atoms with Gasteiger partial charge in [-0.25, -0.2) is 4.39 Å². The fourth-order valence-electron chi connectivity index (χ4n) is 5.46. The molecule has 2 atom stereocenters. The molecule has 2 amide bonds. The zero-order chi connectivity index (χ0) is 31.3. The summed E-state index contributed by atoms with van der Waals surface area (Å²) in [7, 11) is 1.45. The summed E-state index contributed by atoms with van der Waals surface area (Å²) in [5, 5.41) is 0. The highest BCUT2D eigenvalue weighted by Gasteiger charge is 2.45. The lowest BCUT2D eigenvalue weighted by atomic mass is 9.78. The van der Waals surface area contributed by atoms with Gasteiger partial charge in [0.1, 0.15) is 5.82 Å². The average molecular weight is 590 g/mol. The molecule has 0 saturated carbocycles. The van der Waals surface area contributed by atoms with Crippen LogP contribution >= 0.6 is 0 Å². The van der Waals surface area contributed by atoms with Gasteiger partial charge < -0.3 is 10.6 Å². The quantitative estimate of drug-likeness (QED) is 0.419. The third-order valence-corrected chi connectivity index (χ3v) is 8.26. The van der Waals surface area contributed by atoms with Crippen molar-refractivity contribution in [1.82, 2.24) is 9.80 Å². The number of likely N-dealkylation sites (tertiary alicyclic amines) is 1. The molecule has 5 nitrogen and oxygen atoms in total. The Labute approximate surface area is 234 Å². The molecule has 1 aliphatic heterocycles. The van der Waals surface area contributed by atoms with Gasteiger partial charge in [-0.15, -0.1) is 0 Å². The number of rotatable bonds is 6. The molecule has 0 spiro atoms. The fraction of sp³-hybridized carbons (Fsp3) is 0.517. The van der Waals surface area contributed by atoms with Crippen molar-refractivity contribution in [3.8, 4) is 0 Å². The minimum absolute atomic E-state index is 0.0251. The van der Waals surface area contributed by atoms with Crippen LogP contribution < -0.4 is 5.73 Å². The number of carbonyl (C=O) groups is 2. The van der Waals surface area contributed by atoms with Crippen LogP contribution in [0.25, 0.3) is 0 Å². The summed E-state index contributed by atoms with van der Waals surface area (Å²) in [6, 6.07) is 4.77. The molecule has 1 fully saturated rings. The van der Waals surface area contributed by atoms with Gasteiger partial charge in [0.05, 0.1) is 22.1 Å². The second-order valence-electron chi connectivity index (χ2n) is 11.7. The van der Waals surface area contributed by atoms with E-state index in [0.29, 0.717) is 36.2 Å². The molecule has 1 heterocycles. The van der Waals surface area contributed by atoms with E-state index in [1.54, 1.807) is 26.8 Å². The first-order valence-corrected chi connectivity index (χ1v) is 13.0. The zero-order valence-electron chi connectivity index (χ0n) is 23.7. The largest absolute Gasteiger partial charge is 0.416 e. The maximum atomic E-state index is 14.0. The number of carbonyl (C=O) groups excluding carboxylic acids is 2. The maximum absolute atomic E-state index is 14.0. The van der Waals surface area contributed by atoms with Crippen molar-refractivity contribution in [2.75, 3.05) is 20.1 Å². The van der Waals surface area contributed by atoms with Crippen LogP contribution in [0.1, 0.15) is 67.9 Å². The van der Waals surface area contributed by atoms with Crippen molar-refractivity contribution in [2.45, 2.75) is 76.3 Å². The molecule has 0 unspecified atom stereocenters. The number of nitrogens with two attached hydrogens (primary N) is 1. The van der Waals surface area contributed by atoms with E-state index >= 15 is 0 Å². The predicted molar refractivity (Wildman–Crippen MR) is 139 cm³/mol. The average Bonchev–Trinajstić information content (AvgIpc) is 2.86. The molecule has 2 N–H and O–H groups in total. The first kappa shape index (κ1) is 32.4. The van der Waals surface area contributed by atoms with Crippen LogP contribution in [0.4, 0.5) is 30.7 Å². The molecule has 0 radical (unpaired) electrons. The van der Waals surface area contributed by atoms with Crippen molar-refractivity contribution in [1.29, 1.82) is 0 Å². The molecular formula is C29H34F7N3O2. The van der Waals surface area contributed by atoms with Crippen LogP contribution in [-0.4, -0.2) is 53.3 Å². The highest BCUT2D eigenvalue weighted by Crippen LogP contribution is 2.41. The van der Waals surface area contributed by atoms with Gasteiger partial charge in [0.15, 0.2) is 0 Å². The SMILES string of the molecule is Cc1cc(F)ccc1[C@H]1CN(C(C)(C)C(N)=O)CC[C@@H]1N(C)C(=O)C(C)(C)c1cc(C(F)(F)F)cc(C(F)(F)F)c1. The summed E-state index contributed by atoms with van der Waals surface area (Å²) >= 11 is 0. The minimum Gasteiger partial charge on any atom is -0.368 e. The monoisotopic (exact) mass is 589 g/mol. The first-order valence-electron chi connectivity index (χ1n) is 13.0. The molecular weight excluding hydrogens is 555 g/mol. The van der Waals surface area contributed by atoms with Gasteiger partial charge in [-0.05, 0) is 88.1 Å². The Morgan fingerprint density at radius 1 is 0.902 bits per heavy atom. The van der Waals surface area contributed by atoms with Crippen LogP contribution in [0.2, 0.25) is 0 Å². The number of benzene rings is 2. The molecule has 3 rings (SSSR count). The summed E-state index contributed by atoms with van der Waals surface area (Å²) < 4.78 is 95.2. The van der Waals surface area contributed by atoms with Crippen LogP contribution in [0.3, 0.4) is 0 Å². The highest BCUT2D eigenvalue weighted by atomic mass is 19.4. The molecule has 12 heteroatoms. The van der Waals surface area contributed by atoms with E-state index in [1.165, 1.54) is 37.9 Å². The zero-order valence-corrected chi connectivity index (χ0v) is 23.7. The third kappa shape index (κ3) is 6.52. The summed E-state index contributed by atoms with van der Waals surface area (Å²) in [6.45, 7) is 8.16. The number of aryl methyl sites for hydroxylation is 1. The molecule has 1 aliphatic rings. The number of alkyl halides is 6. The van der Waals surface area contributed by atoms with Crippen LogP contribution in [0.5, 0.6) is 0 Å². The van der Waals surface area contributed by atoms with Gasteiger partial charge >= 0.3 is 12.4 Å². The van der Waals surface area contributed by atoms with Gasteiger partial charge in [0.2, 0.25) is 11.8 Å². The van der Waals surface area contributed by atoms with Crippen molar-refractivity contribution >= 4 is 11.8 Å². The lowest BCUT2D eigenvalue weighted by Crippen LogP contribution is -2.61. The molecule has 226 valence electrons. The Bertz CT molecular complexity index is 1290. The van der Waals surface area contributed by atoms with Gasteiger partial charge in [0.25, 0.3) is 0 Å². The summed E-state index contributed by atoms with van der Waals surface area (Å²) in [5.74, 6) is -2.20. The van der Waals surface area contributed by atoms with E-state index in [4.69, 9.17) is 5.73 Å². The second-order valence-corrected chi connectivity index (χ2v) is 11.7. The lowest BCUT2D eigenvalue weighted by molar-refractivity contribution is -0.144. The molecule has 1 saturated heterocycles. The molecule has 2 aromatic rings. The number of primary amides is 1. The van der Waals surface area contributed by atoms with Crippen LogP contribution in [0.15, 0.2) is 36.4 Å². The number of likely N-dealkylation sites (N-methyl/N-ethyl adjacent to an activating group) is 1. The summed E-state index contributed by atoms with van der Waals surface area (Å²) in [6.07, 6.45) is -9.81. The van der Waals surface area contributed by atoms with E-state index in [1.807, 2.05) is 4.90 Å². The topological polar surface area (TPSA) is 66.6 Å². The molecule has 2 aromatic carbocycles. The van der Waals surface area contributed by atoms with E-state index in [-0.39, 0.29) is 12.6 Å². The predicted octanol–water partition coefficient (Wildman–Crippen LogP) is 6.03. The molecule has 0 aliphatic carbocycles. The minimum atomic E-state index is -5.06. The normalized spacial score (nSPS) is 19.2. The van der Waals surface area contributed by atoms with E-state index in [2.05, 4.69) is 0 Å². The van der Waals surface area contributed by atoms with Crippen LogP contribution in [0, 0.1) is 12.7 Å². The second kappa shape index (κ2) is 10.9. The number of hydrogen-bond acceptors (Lipinski definition) is 3. The molecule has 41 heavy (non-hydrogen) atoms. The first-order chi connectivity index (χ1) is 18.6. The number of halogens is 7. The standard InChI is InChI=1S/C29H34F7N3O2/c1-16-11-20(30)7-8-21(16)22-15-39(27(4,5)24(37)40)10-9-23(22)38(6)25(41)26(2,3)17-12-18(28(31,32)33)14-19(13-17)29(34,35)36/h7-8,11-14,22-23H,9-10,15H2,1-6H3,(H2,37,40)/t22-,23+/m1/s1. The van der Waals surface area contributed by atoms with Crippen LogP contribution in [-0.2, 0) is 27.4 Å². The Morgan fingerprint density at radius 2 is 1.41 bits per heavy atom. The number of hydrogen-bond donors (Lipinski definition) is 1. The van der Waals surface area contributed by atoms with Gasteiger partial charge in [-0.3, -0.25) is 14.5 Å². The number of amides is 2. The number of piperidine rings is 1. The van der Waals surface area contributed by atoms with Crippen molar-refractivity contribution in [2.24, 2.45) is 5.73 Å². The van der Waals surface area contributed by atoms with Gasteiger partial charge in [-0.1, -0.05) is 6.07 Å².